The van der Waals surface area contributed by atoms with Gasteiger partial charge in [0.25, 0.3) is 0 Å². The van der Waals surface area contributed by atoms with Crippen molar-refractivity contribution in [1.82, 2.24) is 0 Å². The first kappa shape index (κ1) is 18.0. The Morgan fingerprint density at radius 1 is 0.667 bits per heavy atom. The van der Waals surface area contributed by atoms with Crippen molar-refractivity contribution >= 4 is 11.9 Å². The van der Waals surface area contributed by atoms with Crippen LogP contribution in [0.15, 0.2) is 11.1 Å². The molecule has 24 heavy (non-hydrogen) atoms. The monoisotopic (exact) mass is 330 g/mol. The van der Waals surface area contributed by atoms with Gasteiger partial charge < -0.3 is 9.47 Å². The Balaban J connectivity index is 2.06. The Morgan fingerprint density at radius 2 is 1.00 bits per heavy atom. The van der Waals surface area contributed by atoms with Crippen LogP contribution in [0.4, 0.5) is 0 Å². The molecule has 0 aliphatic heterocycles. The maximum Gasteiger partial charge on any atom is 0.350 e. The lowest BCUT2D eigenvalue weighted by atomic mass is 9.97. The van der Waals surface area contributed by atoms with E-state index in [1.165, 1.54) is 0 Å². The predicted octanol–water partition coefficient (Wildman–Crippen LogP) is 3.08. The van der Waals surface area contributed by atoms with Crippen molar-refractivity contribution in [3.8, 4) is 12.1 Å². The Morgan fingerprint density at radius 3 is 1.29 bits per heavy atom. The summed E-state index contributed by atoms with van der Waals surface area (Å²) in [6.45, 7) is 0. The number of nitrogens with zero attached hydrogens (tertiary/aromatic N) is 2. The van der Waals surface area contributed by atoms with Crippen LogP contribution in [0.25, 0.3) is 0 Å². The van der Waals surface area contributed by atoms with Gasteiger partial charge in [-0.15, -0.1) is 0 Å². The van der Waals surface area contributed by atoms with Crippen LogP contribution in [0, 0.1) is 22.7 Å². The van der Waals surface area contributed by atoms with Gasteiger partial charge in [-0.3, -0.25) is 0 Å². The van der Waals surface area contributed by atoms with Crippen LogP contribution in [0.2, 0.25) is 0 Å². The molecule has 2 fully saturated rings. The molecule has 0 bridgehead atoms. The molecule has 0 heterocycles. The highest BCUT2D eigenvalue weighted by Crippen LogP contribution is 2.23. The van der Waals surface area contributed by atoms with Crippen LogP contribution >= 0.6 is 0 Å². The van der Waals surface area contributed by atoms with E-state index in [4.69, 9.17) is 9.47 Å². The number of esters is 2. The zero-order valence-corrected chi connectivity index (χ0v) is 13.8. The molecule has 0 N–H and O–H groups in total. The molecule has 2 aliphatic carbocycles. The smallest absolute Gasteiger partial charge is 0.350 e. The predicted molar refractivity (Wildman–Crippen MR) is 84.2 cm³/mol. The second kappa shape index (κ2) is 9.08. The van der Waals surface area contributed by atoms with Crippen LogP contribution in [0.3, 0.4) is 0 Å². The number of carbonyl (C=O) groups is 2. The van der Waals surface area contributed by atoms with E-state index in [0.29, 0.717) is 0 Å². The summed E-state index contributed by atoms with van der Waals surface area (Å²) < 4.78 is 10.6. The summed E-state index contributed by atoms with van der Waals surface area (Å²) in [5.74, 6) is -1.80. The third-order valence-electron chi connectivity index (χ3n) is 4.53. The minimum atomic E-state index is -0.901. The number of carbonyl (C=O) groups excluding carboxylic acids is 2. The summed E-state index contributed by atoms with van der Waals surface area (Å²) in [5.41, 5.74) is -1.10. The fraction of sp³-hybridized carbons (Fsp3) is 0.667. The first-order chi connectivity index (χ1) is 11.7. The summed E-state index contributed by atoms with van der Waals surface area (Å²) in [5, 5.41) is 18.4. The Kier molecular flexibility index (Phi) is 6.81. The van der Waals surface area contributed by atoms with Gasteiger partial charge in [-0.2, -0.15) is 10.5 Å². The van der Waals surface area contributed by atoms with Crippen molar-refractivity contribution in [2.75, 3.05) is 0 Å². The standard InChI is InChI=1S/C18H22N2O4/c19-11-15(17(21)23-13-7-3-1-4-8-13)16(12-20)18(22)24-14-9-5-2-6-10-14/h13-14H,1-10H2/b16-15+. The molecule has 6 nitrogen and oxygen atoms in total. The lowest BCUT2D eigenvalue weighted by molar-refractivity contribution is -0.148. The summed E-state index contributed by atoms with van der Waals surface area (Å²) in [7, 11) is 0. The van der Waals surface area contributed by atoms with Gasteiger partial charge in [0.2, 0.25) is 0 Å². The molecule has 0 aromatic carbocycles. The van der Waals surface area contributed by atoms with Crippen molar-refractivity contribution in [1.29, 1.82) is 10.5 Å². The third kappa shape index (κ3) is 4.83. The molecular formula is C18H22N2O4. The second-order valence-electron chi connectivity index (χ2n) is 6.30. The van der Waals surface area contributed by atoms with Crippen LogP contribution in [-0.2, 0) is 19.1 Å². The van der Waals surface area contributed by atoms with Crippen molar-refractivity contribution in [3.05, 3.63) is 11.1 Å². The highest BCUT2D eigenvalue weighted by Gasteiger charge is 2.28. The first-order valence-electron chi connectivity index (χ1n) is 8.62. The molecule has 6 heteroatoms. The first-order valence-corrected chi connectivity index (χ1v) is 8.62. The molecule has 0 atom stereocenters. The number of hydrogen-bond acceptors (Lipinski definition) is 6. The van der Waals surface area contributed by atoms with E-state index < -0.39 is 23.1 Å². The van der Waals surface area contributed by atoms with E-state index in [1.54, 1.807) is 12.1 Å². The van der Waals surface area contributed by atoms with Gasteiger partial charge in [-0.05, 0) is 51.4 Å². The largest absolute Gasteiger partial charge is 0.458 e. The highest BCUT2D eigenvalue weighted by molar-refractivity contribution is 6.05. The molecule has 0 aromatic rings. The van der Waals surface area contributed by atoms with Gasteiger partial charge in [0, 0.05) is 0 Å². The molecule has 128 valence electrons. The van der Waals surface area contributed by atoms with E-state index >= 15 is 0 Å². The Labute approximate surface area is 142 Å². The zero-order chi connectivity index (χ0) is 17.4. The van der Waals surface area contributed by atoms with Gasteiger partial charge in [0.15, 0.2) is 11.1 Å². The molecule has 2 aliphatic rings. The van der Waals surface area contributed by atoms with Crippen molar-refractivity contribution in [2.24, 2.45) is 0 Å². The molecule has 2 saturated carbocycles. The average Bonchev–Trinajstić information content (AvgIpc) is 2.61. The van der Waals surface area contributed by atoms with E-state index in [-0.39, 0.29) is 12.2 Å². The summed E-state index contributed by atoms with van der Waals surface area (Å²) in [6, 6.07) is 3.28. The molecule has 2 rings (SSSR count). The fourth-order valence-corrected chi connectivity index (χ4v) is 3.19. The number of rotatable bonds is 4. The lowest BCUT2D eigenvalue weighted by Crippen LogP contribution is -2.25. The average molecular weight is 330 g/mol. The molecule has 0 radical (unpaired) electrons. The van der Waals surface area contributed by atoms with Crippen LogP contribution in [-0.4, -0.2) is 24.1 Å². The maximum atomic E-state index is 12.2. The molecule has 0 amide bonds. The molecule has 0 unspecified atom stereocenters. The van der Waals surface area contributed by atoms with Gasteiger partial charge in [-0.25, -0.2) is 9.59 Å². The number of hydrogen-bond donors (Lipinski definition) is 0. The Bertz CT molecular complexity index is 533. The zero-order valence-electron chi connectivity index (χ0n) is 13.8. The van der Waals surface area contributed by atoms with Gasteiger partial charge in [0.1, 0.15) is 24.3 Å². The van der Waals surface area contributed by atoms with Gasteiger partial charge in [-0.1, -0.05) is 12.8 Å². The third-order valence-corrected chi connectivity index (χ3v) is 4.53. The minimum absolute atomic E-state index is 0.246. The van der Waals surface area contributed by atoms with E-state index in [0.717, 1.165) is 64.2 Å². The van der Waals surface area contributed by atoms with Crippen molar-refractivity contribution in [2.45, 2.75) is 76.4 Å². The van der Waals surface area contributed by atoms with Gasteiger partial charge >= 0.3 is 11.9 Å². The maximum absolute atomic E-state index is 12.2. The van der Waals surface area contributed by atoms with E-state index in [1.807, 2.05) is 0 Å². The van der Waals surface area contributed by atoms with E-state index in [2.05, 4.69) is 0 Å². The summed E-state index contributed by atoms with van der Waals surface area (Å²) in [6.07, 6.45) is 8.59. The second-order valence-corrected chi connectivity index (χ2v) is 6.30. The number of ether oxygens (including phenoxy) is 2. The molecule has 0 saturated heterocycles. The fourth-order valence-electron chi connectivity index (χ4n) is 3.19. The summed E-state index contributed by atoms with van der Waals surface area (Å²) in [4.78, 5) is 24.4. The topological polar surface area (TPSA) is 100 Å². The van der Waals surface area contributed by atoms with Crippen LogP contribution in [0.1, 0.15) is 64.2 Å². The SMILES string of the molecule is N#C/C(C(=O)OC1CCCCC1)=C(/C#N)C(=O)OC1CCCCC1. The quantitative estimate of drug-likeness (QED) is 0.446. The van der Waals surface area contributed by atoms with Crippen LogP contribution < -0.4 is 0 Å². The summed E-state index contributed by atoms with van der Waals surface area (Å²) >= 11 is 0. The lowest BCUT2D eigenvalue weighted by Gasteiger charge is -2.22. The van der Waals surface area contributed by atoms with Crippen molar-refractivity contribution in [3.63, 3.8) is 0 Å². The molecular weight excluding hydrogens is 308 g/mol. The highest BCUT2D eigenvalue weighted by atomic mass is 16.5. The van der Waals surface area contributed by atoms with Gasteiger partial charge in [0.05, 0.1) is 0 Å². The molecule has 0 spiro atoms. The molecule has 0 aromatic heterocycles. The van der Waals surface area contributed by atoms with Crippen molar-refractivity contribution < 1.29 is 19.1 Å². The van der Waals surface area contributed by atoms with E-state index in [9.17, 15) is 20.1 Å². The van der Waals surface area contributed by atoms with Crippen LogP contribution in [0.5, 0.6) is 0 Å². The number of nitriles is 2. The Hall–Kier alpha value is -2.34. The minimum Gasteiger partial charge on any atom is -0.458 e. The normalized spacial score (nSPS) is 20.2.